The van der Waals surface area contributed by atoms with Crippen molar-refractivity contribution in [2.24, 2.45) is 5.92 Å². The van der Waals surface area contributed by atoms with E-state index < -0.39 is 18.1 Å². The van der Waals surface area contributed by atoms with E-state index in [1.54, 1.807) is 26.0 Å². The van der Waals surface area contributed by atoms with Crippen LogP contribution in [-0.4, -0.2) is 18.7 Å². The molecule has 0 aliphatic carbocycles. The molecular weight excluding hydrogens is 331 g/mol. The zero-order chi connectivity index (χ0) is 18.9. The number of ether oxygens (including phenoxy) is 2. The van der Waals surface area contributed by atoms with Crippen LogP contribution in [0.1, 0.15) is 40.0 Å². The fraction of sp³-hybridized carbons (Fsp3) is 0.409. The molecule has 0 radical (unpaired) electrons. The number of esters is 1. The van der Waals surface area contributed by atoms with E-state index in [-0.39, 0.29) is 0 Å². The molecule has 26 heavy (non-hydrogen) atoms. The van der Waals surface area contributed by atoms with Crippen molar-refractivity contribution in [3.63, 3.8) is 0 Å². The summed E-state index contributed by atoms with van der Waals surface area (Å²) >= 11 is 0. The Morgan fingerprint density at radius 1 is 0.923 bits per heavy atom. The van der Waals surface area contributed by atoms with Gasteiger partial charge in [-0.3, -0.25) is 0 Å². The Kier molecular flexibility index (Phi) is 7.64. The van der Waals surface area contributed by atoms with Crippen LogP contribution in [0.3, 0.4) is 0 Å². The maximum absolute atomic E-state index is 13.6. The molecule has 0 amide bonds. The highest BCUT2D eigenvalue weighted by molar-refractivity contribution is 5.77. The monoisotopic (exact) mass is 358 g/mol. The average molecular weight is 358 g/mol. The van der Waals surface area contributed by atoms with E-state index in [2.05, 4.69) is 6.92 Å². The highest BCUT2D eigenvalue weighted by atomic mass is 19.1. The summed E-state index contributed by atoms with van der Waals surface area (Å²) in [6.07, 6.45) is 1.81. The molecule has 0 aromatic heterocycles. The van der Waals surface area contributed by atoms with E-state index in [4.69, 9.17) is 9.47 Å². The van der Waals surface area contributed by atoms with Gasteiger partial charge in [-0.15, -0.1) is 0 Å². The van der Waals surface area contributed by atoms with Gasteiger partial charge in [0.05, 0.1) is 6.61 Å². The smallest absolute Gasteiger partial charge is 0.346 e. The molecule has 0 fully saturated rings. The Hall–Kier alpha value is -2.36. The first-order valence-corrected chi connectivity index (χ1v) is 9.20. The number of carbonyl (C=O) groups is 1. The lowest BCUT2D eigenvalue weighted by Crippen LogP contribution is -2.26. The lowest BCUT2D eigenvalue weighted by molar-refractivity contribution is -0.141. The van der Waals surface area contributed by atoms with Crippen LogP contribution in [0.5, 0.6) is 11.5 Å². The van der Waals surface area contributed by atoms with Crippen LogP contribution in [0.15, 0.2) is 48.5 Å². The largest absolute Gasteiger partial charge is 0.494 e. The van der Waals surface area contributed by atoms with Crippen LogP contribution in [0, 0.1) is 5.92 Å². The molecule has 2 aromatic carbocycles. The second-order valence-electron chi connectivity index (χ2n) is 6.67. The third-order valence-electron chi connectivity index (χ3n) is 4.09. The minimum absolute atomic E-state index is 0.345. The normalized spacial score (nSPS) is 12.0. The van der Waals surface area contributed by atoms with Gasteiger partial charge in [0.2, 0.25) is 0 Å². The Morgan fingerprint density at radius 2 is 1.46 bits per heavy atom. The summed E-state index contributed by atoms with van der Waals surface area (Å²) in [7, 11) is 0. The molecule has 0 aliphatic rings. The predicted octanol–water partition coefficient (Wildman–Crippen LogP) is 5.82. The van der Waals surface area contributed by atoms with Gasteiger partial charge in [0, 0.05) is 0 Å². The minimum Gasteiger partial charge on any atom is -0.494 e. The zero-order valence-electron chi connectivity index (χ0n) is 15.7. The van der Waals surface area contributed by atoms with E-state index in [9.17, 15) is 9.18 Å². The van der Waals surface area contributed by atoms with Gasteiger partial charge < -0.3 is 9.47 Å². The van der Waals surface area contributed by atoms with Crippen molar-refractivity contribution in [1.29, 1.82) is 0 Å². The first-order valence-electron chi connectivity index (χ1n) is 9.20. The number of carbonyl (C=O) groups excluding carboxylic acids is 1. The highest BCUT2D eigenvalue weighted by Gasteiger charge is 2.23. The van der Waals surface area contributed by atoms with Crippen LogP contribution in [0.25, 0.3) is 11.1 Å². The first-order chi connectivity index (χ1) is 12.5. The van der Waals surface area contributed by atoms with E-state index in [0.717, 1.165) is 29.9 Å². The molecule has 140 valence electrons. The van der Waals surface area contributed by atoms with Crippen molar-refractivity contribution in [2.75, 3.05) is 6.61 Å². The van der Waals surface area contributed by atoms with Crippen LogP contribution < -0.4 is 9.47 Å². The van der Waals surface area contributed by atoms with Gasteiger partial charge in [-0.2, -0.15) is 0 Å². The van der Waals surface area contributed by atoms with Crippen molar-refractivity contribution >= 4 is 5.97 Å². The number of hydrogen-bond acceptors (Lipinski definition) is 3. The summed E-state index contributed by atoms with van der Waals surface area (Å²) in [5.41, 5.74) is 2.03. The Bertz CT molecular complexity index is 678. The maximum atomic E-state index is 13.6. The van der Waals surface area contributed by atoms with Gasteiger partial charge in [-0.1, -0.05) is 57.9 Å². The molecule has 4 heteroatoms. The summed E-state index contributed by atoms with van der Waals surface area (Å²) in [4.78, 5) is 11.7. The molecule has 0 N–H and O–H groups in total. The number of alkyl halides is 1. The minimum atomic E-state index is -1.61. The van der Waals surface area contributed by atoms with E-state index in [0.29, 0.717) is 5.75 Å². The second kappa shape index (κ2) is 9.95. The topological polar surface area (TPSA) is 35.5 Å². The molecule has 0 spiro atoms. The summed E-state index contributed by atoms with van der Waals surface area (Å²) < 4.78 is 24.4. The summed E-state index contributed by atoms with van der Waals surface area (Å²) in [6.45, 7) is 6.19. The molecule has 0 bridgehead atoms. The van der Waals surface area contributed by atoms with Crippen LogP contribution in [-0.2, 0) is 4.79 Å². The summed E-state index contributed by atoms with van der Waals surface area (Å²) in [5.74, 6) is -0.0437. The average Bonchev–Trinajstić information content (AvgIpc) is 2.65. The Balaban J connectivity index is 1.94. The molecule has 2 aromatic rings. The molecule has 0 saturated heterocycles. The van der Waals surface area contributed by atoms with E-state index >= 15 is 0 Å². The third kappa shape index (κ3) is 5.87. The Morgan fingerprint density at radius 3 is 1.96 bits per heavy atom. The molecule has 0 saturated carbocycles. The first kappa shape index (κ1) is 20.0. The van der Waals surface area contributed by atoms with Crippen molar-refractivity contribution in [3.8, 4) is 22.6 Å². The van der Waals surface area contributed by atoms with E-state index in [1.807, 2.05) is 36.4 Å². The van der Waals surface area contributed by atoms with Gasteiger partial charge in [-0.25, -0.2) is 9.18 Å². The second-order valence-corrected chi connectivity index (χ2v) is 6.67. The Labute approximate surface area is 155 Å². The highest BCUT2D eigenvalue weighted by Crippen LogP contribution is 2.25. The predicted molar refractivity (Wildman–Crippen MR) is 102 cm³/mol. The van der Waals surface area contributed by atoms with E-state index in [1.165, 1.54) is 12.8 Å². The van der Waals surface area contributed by atoms with Crippen molar-refractivity contribution < 1.29 is 18.7 Å². The number of unbranched alkanes of at least 4 members (excludes halogenated alkanes) is 2. The van der Waals surface area contributed by atoms with Crippen molar-refractivity contribution in [3.05, 3.63) is 48.5 Å². The van der Waals surface area contributed by atoms with Crippen LogP contribution in [0.4, 0.5) is 4.39 Å². The van der Waals surface area contributed by atoms with Crippen molar-refractivity contribution in [2.45, 2.75) is 46.2 Å². The molecule has 0 heterocycles. The van der Waals surface area contributed by atoms with Gasteiger partial charge in [0.25, 0.3) is 0 Å². The standard InChI is InChI=1S/C22H27FO3/c1-4-5-6-15-25-19-11-7-17(8-12-19)18-9-13-20(14-10-18)26-22(24)21(23)16(2)3/h7-14,16,21H,4-6,15H2,1-3H3. The molecule has 1 unspecified atom stereocenters. The number of rotatable bonds is 9. The van der Waals surface area contributed by atoms with Crippen LogP contribution >= 0.6 is 0 Å². The van der Waals surface area contributed by atoms with Crippen molar-refractivity contribution in [1.82, 2.24) is 0 Å². The third-order valence-corrected chi connectivity index (χ3v) is 4.09. The fourth-order valence-corrected chi connectivity index (χ4v) is 2.45. The maximum Gasteiger partial charge on any atom is 0.346 e. The molecule has 1 atom stereocenters. The molecule has 2 rings (SSSR count). The molecular formula is C22H27FO3. The lowest BCUT2D eigenvalue weighted by atomic mass is 10.1. The SMILES string of the molecule is CCCCCOc1ccc(-c2ccc(OC(=O)C(F)C(C)C)cc2)cc1. The number of benzene rings is 2. The van der Waals surface area contributed by atoms with Crippen LogP contribution in [0.2, 0.25) is 0 Å². The zero-order valence-corrected chi connectivity index (χ0v) is 15.7. The lowest BCUT2D eigenvalue weighted by Gasteiger charge is -2.11. The van der Waals surface area contributed by atoms with Gasteiger partial charge in [0.15, 0.2) is 6.17 Å². The van der Waals surface area contributed by atoms with Gasteiger partial charge in [-0.05, 0) is 47.7 Å². The quantitative estimate of drug-likeness (QED) is 0.322. The van der Waals surface area contributed by atoms with Gasteiger partial charge >= 0.3 is 5.97 Å². The fourth-order valence-electron chi connectivity index (χ4n) is 2.45. The summed E-state index contributed by atoms with van der Waals surface area (Å²) in [6, 6.07) is 14.9. The van der Waals surface area contributed by atoms with Gasteiger partial charge in [0.1, 0.15) is 11.5 Å². The number of hydrogen-bond donors (Lipinski definition) is 0. The molecule has 0 aliphatic heterocycles. The summed E-state index contributed by atoms with van der Waals surface area (Å²) in [5, 5.41) is 0. The molecule has 3 nitrogen and oxygen atoms in total. The number of halogens is 1.